The second-order valence-corrected chi connectivity index (χ2v) is 4.83. The molecular weight excluding hydrogens is 248 g/mol. The third-order valence-electron chi connectivity index (χ3n) is 3.21. The molecule has 20 heavy (non-hydrogen) atoms. The standard InChI is InChI=1S/C18H24O2/c1-2-11-16-13-14-18(20)17(16)12-9-7-5-3-4-6-8-10-15-19/h2-4,7,9,12-14,16,19H,1,5-6,8,10-11,15H2/b4-3-,9-7+,17-12+/t16-/m0/s1. The zero-order valence-electron chi connectivity index (χ0n) is 12.0. The van der Waals surface area contributed by atoms with Crippen molar-refractivity contribution in [3.8, 4) is 0 Å². The Hall–Kier alpha value is -1.67. The van der Waals surface area contributed by atoms with Gasteiger partial charge in [-0.2, -0.15) is 0 Å². The lowest BCUT2D eigenvalue weighted by atomic mass is 9.98. The maximum atomic E-state index is 11.7. The summed E-state index contributed by atoms with van der Waals surface area (Å²) in [6.45, 7) is 3.99. The van der Waals surface area contributed by atoms with Crippen molar-refractivity contribution in [2.75, 3.05) is 6.61 Å². The summed E-state index contributed by atoms with van der Waals surface area (Å²) in [5, 5.41) is 8.64. The predicted octanol–water partition coefficient (Wildman–Crippen LogP) is 3.91. The molecule has 1 atom stereocenters. The van der Waals surface area contributed by atoms with Crippen LogP contribution in [0.15, 0.2) is 60.8 Å². The normalized spacial score (nSPS) is 20.8. The zero-order chi connectivity index (χ0) is 14.6. The molecule has 0 aromatic carbocycles. The molecule has 1 N–H and O–H groups in total. The number of hydrogen-bond donors (Lipinski definition) is 1. The summed E-state index contributed by atoms with van der Waals surface area (Å²) in [7, 11) is 0. The van der Waals surface area contributed by atoms with Crippen LogP contribution in [0.2, 0.25) is 0 Å². The van der Waals surface area contributed by atoms with Crippen molar-refractivity contribution in [2.45, 2.75) is 32.1 Å². The fourth-order valence-electron chi connectivity index (χ4n) is 2.09. The van der Waals surface area contributed by atoms with Gasteiger partial charge >= 0.3 is 0 Å². The molecule has 0 fully saturated rings. The molecule has 0 bridgehead atoms. The molecule has 0 saturated carbocycles. The molecule has 0 aliphatic heterocycles. The van der Waals surface area contributed by atoms with E-state index in [2.05, 4.69) is 18.7 Å². The van der Waals surface area contributed by atoms with Crippen LogP contribution in [0, 0.1) is 5.92 Å². The lowest BCUT2D eigenvalue weighted by Crippen LogP contribution is -2.01. The lowest BCUT2D eigenvalue weighted by molar-refractivity contribution is -0.111. The van der Waals surface area contributed by atoms with Crippen molar-refractivity contribution in [1.29, 1.82) is 0 Å². The van der Waals surface area contributed by atoms with Crippen LogP contribution in [-0.2, 0) is 4.79 Å². The summed E-state index contributed by atoms with van der Waals surface area (Å²) in [6.07, 6.45) is 20.2. The summed E-state index contributed by atoms with van der Waals surface area (Å²) < 4.78 is 0. The Morgan fingerprint density at radius 2 is 2.10 bits per heavy atom. The van der Waals surface area contributed by atoms with Gasteiger partial charge in [0.15, 0.2) is 5.78 Å². The molecule has 0 unspecified atom stereocenters. The lowest BCUT2D eigenvalue weighted by Gasteiger charge is -2.05. The quantitative estimate of drug-likeness (QED) is 0.392. The van der Waals surface area contributed by atoms with Crippen molar-refractivity contribution in [3.63, 3.8) is 0 Å². The molecular formula is C18H24O2. The molecule has 0 heterocycles. The second-order valence-electron chi connectivity index (χ2n) is 4.83. The van der Waals surface area contributed by atoms with Gasteiger partial charge in [-0.25, -0.2) is 0 Å². The predicted molar refractivity (Wildman–Crippen MR) is 84.4 cm³/mol. The Balaban J connectivity index is 2.33. The van der Waals surface area contributed by atoms with Crippen LogP contribution >= 0.6 is 0 Å². The van der Waals surface area contributed by atoms with Crippen LogP contribution in [0.4, 0.5) is 0 Å². The molecule has 0 amide bonds. The number of unbranched alkanes of at least 4 members (excludes halogenated alkanes) is 2. The average Bonchev–Trinajstić information content (AvgIpc) is 2.79. The SMILES string of the molecule is C=CC[C@H]1C=CC(=O)/C1=C/C=C/C/C=C\CCCCO. The van der Waals surface area contributed by atoms with Gasteiger partial charge in [0.25, 0.3) is 0 Å². The number of allylic oxidation sites excluding steroid dienone is 9. The van der Waals surface area contributed by atoms with Gasteiger partial charge in [-0.3, -0.25) is 4.79 Å². The van der Waals surface area contributed by atoms with Crippen LogP contribution in [0.5, 0.6) is 0 Å². The maximum Gasteiger partial charge on any atom is 0.182 e. The summed E-state index contributed by atoms with van der Waals surface area (Å²) >= 11 is 0. The first-order chi connectivity index (χ1) is 9.79. The molecule has 0 saturated heterocycles. The number of aliphatic hydroxyl groups is 1. The van der Waals surface area contributed by atoms with Crippen LogP contribution in [0.25, 0.3) is 0 Å². The molecule has 1 rings (SSSR count). The molecule has 1 aliphatic rings. The highest BCUT2D eigenvalue weighted by molar-refractivity contribution is 6.07. The number of aliphatic hydroxyl groups excluding tert-OH is 1. The molecule has 0 spiro atoms. The maximum absolute atomic E-state index is 11.7. The van der Waals surface area contributed by atoms with Gasteiger partial charge in [-0.1, -0.05) is 42.5 Å². The van der Waals surface area contributed by atoms with E-state index in [0.717, 1.165) is 37.7 Å². The molecule has 108 valence electrons. The summed E-state index contributed by atoms with van der Waals surface area (Å²) in [5.74, 6) is 0.305. The zero-order valence-corrected chi connectivity index (χ0v) is 12.0. The van der Waals surface area contributed by atoms with E-state index in [9.17, 15) is 4.79 Å². The minimum absolute atomic E-state index is 0.112. The van der Waals surface area contributed by atoms with Crippen molar-refractivity contribution < 1.29 is 9.90 Å². The second kappa shape index (κ2) is 10.2. The van der Waals surface area contributed by atoms with Crippen molar-refractivity contribution in [2.24, 2.45) is 5.92 Å². The fraction of sp³-hybridized carbons (Fsp3) is 0.389. The molecule has 2 heteroatoms. The number of ketones is 1. The number of rotatable bonds is 9. The first kappa shape index (κ1) is 16.4. The van der Waals surface area contributed by atoms with Gasteiger partial charge in [-0.05, 0) is 38.2 Å². The Morgan fingerprint density at radius 3 is 2.85 bits per heavy atom. The Kier molecular flexibility index (Phi) is 8.32. The van der Waals surface area contributed by atoms with Crippen LogP contribution in [-0.4, -0.2) is 17.5 Å². The molecule has 0 aromatic rings. The largest absolute Gasteiger partial charge is 0.396 e. The van der Waals surface area contributed by atoms with Gasteiger partial charge in [0, 0.05) is 18.1 Å². The molecule has 0 radical (unpaired) electrons. The van der Waals surface area contributed by atoms with Crippen molar-refractivity contribution >= 4 is 5.78 Å². The van der Waals surface area contributed by atoms with Gasteiger partial charge in [0.2, 0.25) is 0 Å². The van der Waals surface area contributed by atoms with E-state index in [1.807, 2.05) is 30.4 Å². The first-order valence-corrected chi connectivity index (χ1v) is 7.25. The van der Waals surface area contributed by atoms with Crippen LogP contribution < -0.4 is 0 Å². The van der Waals surface area contributed by atoms with E-state index >= 15 is 0 Å². The smallest absolute Gasteiger partial charge is 0.182 e. The molecule has 2 nitrogen and oxygen atoms in total. The summed E-state index contributed by atoms with van der Waals surface area (Å²) in [6, 6.07) is 0. The van der Waals surface area contributed by atoms with E-state index in [1.54, 1.807) is 6.08 Å². The first-order valence-electron chi connectivity index (χ1n) is 7.25. The minimum atomic E-state index is 0.112. The number of carbonyl (C=O) groups excluding carboxylic acids is 1. The Morgan fingerprint density at radius 1 is 1.25 bits per heavy atom. The van der Waals surface area contributed by atoms with Gasteiger partial charge in [-0.15, -0.1) is 6.58 Å². The summed E-state index contributed by atoms with van der Waals surface area (Å²) in [5.41, 5.74) is 0.855. The van der Waals surface area contributed by atoms with Crippen LogP contribution in [0.1, 0.15) is 32.1 Å². The van der Waals surface area contributed by atoms with E-state index in [4.69, 9.17) is 5.11 Å². The summed E-state index contributed by atoms with van der Waals surface area (Å²) in [4.78, 5) is 11.7. The highest BCUT2D eigenvalue weighted by Crippen LogP contribution is 2.24. The highest BCUT2D eigenvalue weighted by atomic mass is 16.2. The van der Waals surface area contributed by atoms with E-state index < -0.39 is 0 Å². The van der Waals surface area contributed by atoms with E-state index in [1.165, 1.54) is 0 Å². The fourth-order valence-corrected chi connectivity index (χ4v) is 2.09. The van der Waals surface area contributed by atoms with Gasteiger partial charge in [0.1, 0.15) is 0 Å². The molecule has 1 aliphatic carbocycles. The van der Waals surface area contributed by atoms with Crippen molar-refractivity contribution in [3.05, 3.63) is 60.8 Å². The van der Waals surface area contributed by atoms with Gasteiger partial charge in [0.05, 0.1) is 0 Å². The Labute approximate surface area is 121 Å². The van der Waals surface area contributed by atoms with Crippen molar-refractivity contribution in [1.82, 2.24) is 0 Å². The van der Waals surface area contributed by atoms with Crippen LogP contribution in [0.3, 0.4) is 0 Å². The molecule has 0 aromatic heterocycles. The van der Waals surface area contributed by atoms with E-state index in [0.29, 0.717) is 0 Å². The van der Waals surface area contributed by atoms with Gasteiger partial charge < -0.3 is 5.11 Å². The Bertz CT molecular complexity index is 425. The topological polar surface area (TPSA) is 37.3 Å². The highest BCUT2D eigenvalue weighted by Gasteiger charge is 2.20. The monoisotopic (exact) mass is 272 g/mol. The third kappa shape index (κ3) is 5.98. The minimum Gasteiger partial charge on any atom is -0.396 e. The number of carbonyl (C=O) groups is 1. The van der Waals surface area contributed by atoms with E-state index in [-0.39, 0.29) is 18.3 Å². The average molecular weight is 272 g/mol. The third-order valence-corrected chi connectivity index (χ3v) is 3.21. The number of hydrogen-bond acceptors (Lipinski definition) is 2.